The summed E-state index contributed by atoms with van der Waals surface area (Å²) in [4.78, 5) is 11.4. The minimum atomic E-state index is -0.393. The van der Waals surface area contributed by atoms with Gasteiger partial charge >= 0.3 is 13.1 Å². The molecule has 2 aliphatic rings. The first-order valence-electron chi connectivity index (χ1n) is 7.71. The van der Waals surface area contributed by atoms with Crippen molar-refractivity contribution >= 4 is 18.6 Å². The molecule has 0 unspecified atom stereocenters. The molecule has 0 radical (unpaired) electrons. The van der Waals surface area contributed by atoms with Gasteiger partial charge < -0.3 is 14.0 Å². The normalized spacial score (nSPS) is 29.2. The third-order valence-electron chi connectivity index (χ3n) is 5.17. The zero-order chi connectivity index (χ0) is 16.1. The number of rotatable bonds is 3. The molecule has 1 saturated heterocycles. The van der Waals surface area contributed by atoms with E-state index < -0.39 is 7.12 Å². The summed E-state index contributed by atoms with van der Waals surface area (Å²) in [5.41, 5.74) is 0.207. The second-order valence-electron chi connectivity index (χ2n) is 7.19. The highest BCUT2D eigenvalue weighted by molar-refractivity contribution is 6.62. The van der Waals surface area contributed by atoms with Crippen molar-refractivity contribution < 1.29 is 18.8 Å². The third-order valence-corrected chi connectivity index (χ3v) is 5.17. The van der Waals surface area contributed by atoms with Crippen molar-refractivity contribution in [2.45, 2.75) is 57.8 Å². The van der Waals surface area contributed by atoms with Gasteiger partial charge in [-0.2, -0.15) is 5.10 Å². The molecule has 0 amide bonds. The highest BCUT2D eigenvalue weighted by Crippen LogP contribution is 2.39. The van der Waals surface area contributed by atoms with E-state index in [-0.39, 0.29) is 29.1 Å². The standard InChI is InChI=1S/C15H23BN2O4/c1-14(2)15(3,4)22-16(21-14)11-8-17-18(9-11)12-6-10(7-12)13(19)20-5/h8-10,12H,6-7H2,1-5H3. The second kappa shape index (κ2) is 5.10. The number of esters is 1. The van der Waals surface area contributed by atoms with E-state index >= 15 is 0 Å². The quantitative estimate of drug-likeness (QED) is 0.622. The molecule has 0 spiro atoms. The van der Waals surface area contributed by atoms with Crippen LogP contribution < -0.4 is 5.46 Å². The predicted molar refractivity (Wildman–Crippen MR) is 81.7 cm³/mol. The molecule has 2 fully saturated rings. The summed E-state index contributed by atoms with van der Waals surface area (Å²) in [6.45, 7) is 8.13. The molecule has 1 aromatic rings. The Balaban J connectivity index is 1.65. The number of hydrogen-bond donors (Lipinski definition) is 0. The number of aromatic nitrogens is 2. The topological polar surface area (TPSA) is 62.6 Å². The zero-order valence-electron chi connectivity index (χ0n) is 13.8. The average molecular weight is 306 g/mol. The van der Waals surface area contributed by atoms with E-state index in [2.05, 4.69) is 5.10 Å². The van der Waals surface area contributed by atoms with Crippen LogP contribution in [0.15, 0.2) is 12.4 Å². The van der Waals surface area contributed by atoms with Gasteiger partial charge in [-0.05, 0) is 40.5 Å². The Bertz CT molecular complexity index is 562. The monoisotopic (exact) mass is 306 g/mol. The van der Waals surface area contributed by atoms with E-state index in [1.54, 1.807) is 6.20 Å². The number of hydrogen-bond acceptors (Lipinski definition) is 5. The largest absolute Gasteiger partial charge is 0.498 e. The minimum absolute atomic E-state index is 0.000466. The number of ether oxygens (including phenoxy) is 1. The van der Waals surface area contributed by atoms with E-state index in [4.69, 9.17) is 14.0 Å². The van der Waals surface area contributed by atoms with E-state index in [0.29, 0.717) is 0 Å². The lowest BCUT2D eigenvalue weighted by molar-refractivity contribution is -0.149. The van der Waals surface area contributed by atoms with Crippen molar-refractivity contribution in [2.75, 3.05) is 7.11 Å². The highest BCUT2D eigenvalue weighted by Gasteiger charge is 2.52. The molecule has 22 heavy (non-hydrogen) atoms. The van der Waals surface area contributed by atoms with Gasteiger partial charge in [-0.3, -0.25) is 9.48 Å². The SMILES string of the molecule is COC(=O)C1CC(n2cc(B3OC(C)(C)C(C)(C)O3)cn2)C1. The number of carbonyl (C=O) groups is 1. The lowest BCUT2D eigenvalue weighted by atomic mass is 9.79. The first-order valence-corrected chi connectivity index (χ1v) is 7.71. The van der Waals surface area contributed by atoms with Crippen LogP contribution in [0.25, 0.3) is 0 Å². The molecule has 1 aliphatic carbocycles. The fourth-order valence-corrected chi connectivity index (χ4v) is 2.82. The van der Waals surface area contributed by atoms with Crippen LogP contribution >= 0.6 is 0 Å². The smallest absolute Gasteiger partial charge is 0.469 e. The molecular weight excluding hydrogens is 283 g/mol. The average Bonchev–Trinajstić information content (AvgIpc) is 2.91. The summed E-state index contributed by atoms with van der Waals surface area (Å²) in [6.07, 6.45) is 5.29. The first kappa shape index (κ1) is 15.6. The van der Waals surface area contributed by atoms with Crippen molar-refractivity contribution in [2.24, 2.45) is 5.92 Å². The summed E-state index contributed by atoms with van der Waals surface area (Å²) >= 11 is 0. The Labute approximate surface area is 131 Å². The minimum Gasteiger partial charge on any atom is -0.469 e. The lowest BCUT2D eigenvalue weighted by Gasteiger charge is -2.33. The Morgan fingerprint density at radius 2 is 1.91 bits per heavy atom. The van der Waals surface area contributed by atoms with E-state index in [1.165, 1.54) is 7.11 Å². The zero-order valence-corrected chi connectivity index (χ0v) is 13.8. The maximum absolute atomic E-state index is 11.4. The van der Waals surface area contributed by atoms with Crippen molar-refractivity contribution in [1.82, 2.24) is 9.78 Å². The number of methoxy groups -OCH3 is 1. The molecule has 1 aromatic heterocycles. The lowest BCUT2D eigenvalue weighted by Crippen LogP contribution is -2.41. The van der Waals surface area contributed by atoms with Gasteiger partial charge in [0.05, 0.1) is 30.3 Å². The maximum Gasteiger partial charge on any atom is 0.498 e. The number of nitrogens with zero attached hydrogens (tertiary/aromatic N) is 2. The molecule has 2 heterocycles. The Morgan fingerprint density at radius 3 is 2.45 bits per heavy atom. The molecule has 120 valence electrons. The molecule has 3 rings (SSSR count). The molecule has 6 nitrogen and oxygen atoms in total. The van der Waals surface area contributed by atoms with Gasteiger partial charge in [0, 0.05) is 17.9 Å². The van der Waals surface area contributed by atoms with Gasteiger partial charge in [0.25, 0.3) is 0 Å². The van der Waals surface area contributed by atoms with E-state index in [0.717, 1.165) is 18.3 Å². The summed E-state index contributed by atoms with van der Waals surface area (Å²) in [5.74, 6) is -0.130. The summed E-state index contributed by atoms with van der Waals surface area (Å²) < 4.78 is 18.7. The maximum atomic E-state index is 11.4. The van der Waals surface area contributed by atoms with Gasteiger partial charge in [-0.25, -0.2) is 0 Å². The molecular formula is C15H23BN2O4. The first-order chi connectivity index (χ1) is 10.2. The van der Waals surface area contributed by atoms with Gasteiger partial charge in [0.1, 0.15) is 0 Å². The fraction of sp³-hybridized carbons (Fsp3) is 0.733. The van der Waals surface area contributed by atoms with Crippen LogP contribution in [0.5, 0.6) is 0 Å². The van der Waals surface area contributed by atoms with Crippen LogP contribution in [0, 0.1) is 5.92 Å². The molecule has 0 aromatic carbocycles. The molecule has 0 atom stereocenters. The van der Waals surface area contributed by atoms with Crippen LogP contribution in [0.3, 0.4) is 0 Å². The third kappa shape index (κ3) is 2.46. The predicted octanol–water partition coefficient (Wildman–Crippen LogP) is 1.31. The summed E-state index contributed by atoms with van der Waals surface area (Å²) in [7, 11) is 1.04. The van der Waals surface area contributed by atoms with Crippen LogP contribution in [0.1, 0.15) is 46.6 Å². The van der Waals surface area contributed by atoms with Gasteiger partial charge in [0.2, 0.25) is 0 Å². The van der Waals surface area contributed by atoms with Gasteiger partial charge in [-0.1, -0.05) is 0 Å². The van der Waals surface area contributed by atoms with Crippen molar-refractivity contribution in [3.05, 3.63) is 12.4 Å². The van der Waals surface area contributed by atoms with Crippen LogP contribution in [0.4, 0.5) is 0 Å². The fourth-order valence-electron chi connectivity index (χ4n) is 2.82. The van der Waals surface area contributed by atoms with Crippen LogP contribution in [-0.4, -0.2) is 41.2 Å². The molecule has 0 bridgehead atoms. The van der Waals surface area contributed by atoms with E-state index in [9.17, 15) is 4.79 Å². The molecule has 1 saturated carbocycles. The van der Waals surface area contributed by atoms with Crippen LogP contribution in [0.2, 0.25) is 0 Å². The number of carbonyl (C=O) groups excluding carboxylic acids is 1. The summed E-state index contributed by atoms with van der Waals surface area (Å²) in [6, 6.07) is 0.250. The van der Waals surface area contributed by atoms with E-state index in [1.807, 2.05) is 38.6 Å². The summed E-state index contributed by atoms with van der Waals surface area (Å²) in [5, 5.41) is 4.40. The Morgan fingerprint density at radius 1 is 1.32 bits per heavy atom. The van der Waals surface area contributed by atoms with Crippen molar-refractivity contribution in [1.29, 1.82) is 0 Å². The van der Waals surface area contributed by atoms with Crippen LogP contribution in [-0.2, 0) is 18.8 Å². The molecule has 1 aliphatic heterocycles. The highest BCUT2D eigenvalue weighted by atomic mass is 16.7. The molecule has 7 heteroatoms. The van der Waals surface area contributed by atoms with Crippen molar-refractivity contribution in [3.63, 3.8) is 0 Å². The molecule has 0 N–H and O–H groups in total. The van der Waals surface area contributed by atoms with Gasteiger partial charge in [0.15, 0.2) is 0 Å². The Hall–Kier alpha value is -1.34. The Kier molecular flexibility index (Phi) is 3.60. The van der Waals surface area contributed by atoms with Crippen molar-refractivity contribution in [3.8, 4) is 0 Å². The second-order valence-corrected chi connectivity index (χ2v) is 7.19. The van der Waals surface area contributed by atoms with Gasteiger partial charge in [-0.15, -0.1) is 0 Å².